The molecule has 1 N–H and O–H groups in total. The SMILES string of the molecule is Cc1ccc(Oc2c(C)nc(C)[nH]c2=O)cc1. The molecule has 0 saturated heterocycles. The van der Waals surface area contributed by atoms with Crippen LogP contribution in [0.2, 0.25) is 0 Å². The van der Waals surface area contributed by atoms with E-state index < -0.39 is 0 Å². The van der Waals surface area contributed by atoms with E-state index in [2.05, 4.69) is 9.97 Å². The number of nitrogens with one attached hydrogen (secondary N) is 1. The van der Waals surface area contributed by atoms with Gasteiger partial charge in [-0.2, -0.15) is 0 Å². The maximum absolute atomic E-state index is 11.7. The van der Waals surface area contributed by atoms with Crippen molar-refractivity contribution in [3.8, 4) is 11.5 Å². The van der Waals surface area contributed by atoms with Gasteiger partial charge in [-0.05, 0) is 32.9 Å². The van der Waals surface area contributed by atoms with Crippen LogP contribution in [0.4, 0.5) is 0 Å². The highest BCUT2D eigenvalue weighted by atomic mass is 16.5. The summed E-state index contributed by atoms with van der Waals surface area (Å²) in [6.07, 6.45) is 0. The summed E-state index contributed by atoms with van der Waals surface area (Å²) in [6.45, 7) is 5.49. The van der Waals surface area contributed by atoms with Gasteiger partial charge in [-0.15, -0.1) is 0 Å². The first-order valence-electron chi connectivity index (χ1n) is 5.38. The van der Waals surface area contributed by atoms with E-state index in [1.165, 1.54) is 0 Å². The first-order valence-corrected chi connectivity index (χ1v) is 5.38. The molecule has 0 saturated carbocycles. The predicted molar refractivity (Wildman–Crippen MR) is 65.6 cm³/mol. The molecule has 0 unspecified atom stereocenters. The molecule has 0 atom stereocenters. The van der Waals surface area contributed by atoms with Crippen molar-refractivity contribution in [3.05, 3.63) is 51.7 Å². The number of aromatic amines is 1. The molecule has 0 aliphatic rings. The molecule has 2 rings (SSSR count). The van der Waals surface area contributed by atoms with Gasteiger partial charge in [-0.1, -0.05) is 17.7 Å². The molecule has 0 amide bonds. The molecule has 0 radical (unpaired) electrons. The van der Waals surface area contributed by atoms with Crippen LogP contribution in [0.15, 0.2) is 29.1 Å². The van der Waals surface area contributed by atoms with E-state index in [1.54, 1.807) is 13.8 Å². The van der Waals surface area contributed by atoms with Crippen molar-refractivity contribution in [2.24, 2.45) is 0 Å². The largest absolute Gasteiger partial charge is 0.450 e. The van der Waals surface area contributed by atoms with E-state index >= 15 is 0 Å². The van der Waals surface area contributed by atoms with Gasteiger partial charge in [0, 0.05) is 0 Å². The zero-order valence-electron chi connectivity index (χ0n) is 10.1. The Balaban J connectivity index is 2.36. The van der Waals surface area contributed by atoms with Crippen molar-refractivity contribution < 1.29 is 4.74 Å². The van der Waals surface area contributed by atoms with Crippen molar-refractivity contribution in [2.45, 2.75) is 20.8 Å². The molecular formula is C13H14N2O2. The van der Waals surface area contributed by atoms with Crippen LogP contribution < -0.4 is 10.3 Å². The van der Waals surface area contributed by atoms with Crippen molar-refractivity contribution >= 4 is 0 Å². The van der Waals surface area contributed by atoms with Gasteiger partial charge in [0.25, 0.3) is 5.56 Å². The third kappa shape index (κ3) is 2.53. The lowest BCUT2D eigenvalue weighted by atomic mass is 10.2. The monoisotopic (exact) mass is 230 g/mol. The third-order valence-corrected chi connectivity index (χ3v) is 2.41. The molecule has 4 nitrogen and oxygen atoms in total. The molecule has 0 aliphatic carbocycles. The maximum Gasteiger partial charge on any atom is 0.294 e. The Morgan fingerprint density at radius 3 is 2.35 bits per heavy atom. The molecular weight excluding hydrogens is 216 g/mol. The zero-order valence-corrected chi connectivity index (χ0v) is 10.1. The zero-order chi connectivity index (χ0) is 12.4. The van der Waals surface area contributed by atoms with Gasteiger partial charge in [-0.25, -0.2) is 4.98 Å². The molecule has 0 spiro atoms. The quantitative estimate of drug-likeness (QED) is 0.862. The van der Waals surface area contributed by atoms with E-state index in [0.29, 0.717) is 17.3 Å². The highest BCUT2D eigenvalue weighted by Crippen LogP contribution is 2.20. The number of benzene rings is 1. The van der Waals surface area contributed by atoms with Gasteiger partial charge < -0.3 is 9.72 Å². The lowest BCUT2D eigenvalue weighted by molar-refractivity contribution is 0.466. The van der Waals surface area contributed by atoms with Crippen LogP contribution in [-0.2, 0) is 0 Å². The fraction of sp³-hybridized carbons (Fsp3) is 0.231. The number of hydrogen-bond donors (Lipinski definition) is 1. The molecule has 17 heavy (non-hydrogen) atoms. The van der Waals surface area contributed by atoms with E-state index in [9.17, 15) is 4.79 Å². The van der Waals surface area contributed by atoms with Crippen molar-refractivity contribution in [2.75, 3.05) is 0 Å². The number of aromatic nitrogens is 2. The molecule has 1 aromatic carbocycles. The summed E-state index contributed by atoms with van der Waals surface area (Å²) < 4.78 is 5.54. The minimum absolute atomic E-state index is 0.249. The van der Waals surface area contributed by atoms with Crippen LogP contribution in [-0.4, -0.2) is 9.97 Å². The number of rotatable bonds is 2. The Kier molecular flexibility index (Phi) is 2.95. The number of nitrogens with zero attached hydrogens (tertiary/aromatic N) is 1. The Labute approximate surface area is 99.3 Å². The van der Waals surface area contributed by atoms with Crippen molar-refractivity contribution in [3.63, 3.8) is 0 Å². The maximum atomic E-state index is 11.7. The smallest absolute Gasteiger partial charge is 0.294 e. The van der Waals surface area contributed by atoms with Crippen molar-refractivity contribution in [1.82, 2.24) is 9.97 Å². The second-order valence-corrected chi connectivity index (χ2v) is 3.98. The summed E-state index contributed by atoms with van der Waals surface area (Å²) in [6, 6.07) is 7.52. The number of H-pyrrole nitrogens is 1. The topological polar surface area (TPSA) is 55.0 Å². The Hall–Kier alpha value is -2.10. The van der Waals surface area contributed by atoms with Crippen LogP contribution in [0, 0.1) is 20.8 Å². The summed E-state index contributed by atoms with van der Waals surface area (Å²) in [5.74, 6) is 1.47. The van der Waals surface area contributed by atoms with E-state index in [-0.39, 0.29) is 11.3 Å². The van der Waals surface area contributed by atoms with Gasteiger partial charge >= 0.3 is 0 Å². The van der Waals surface area contributed by atoms with Gasteiger partial charge in [0.15, 0.2) is 0 Å². The fourth-order valence-electron chi connectivity index (χ4n) is 1.56. The predicted octanol–water partition coefficient (Wildman–Crippen LogP) is 2.49. The molecule has 2 aromatic rings. The van der Waals surface area contributed by atoms with Crippen LogP contribution >= 0.6 is 0 Å². The second-order valence-electron chi connectivity index (χ2n) is 3.98. The summed E-state index contributed by atoms with van der Waals surface area (Å²) in [5.41, 5.74) is 1.48. The molecule has 1 heterocycles. The number of hydrogen-bond acceptors (Lipinski definition) is 3. The summed E-state index contributed by atoms with van der Waals surface area (Å²) >= 11 is 0. The third-order valence-electron chi connectivity index (χ3n) is 2.41. The summed E-state index contributed by atoms with van der Waals surface area (Å²) in [7, 11) is 0. The van der Waals surface area contributed by atoms with Gasteiger partial charge in [0.05, 0.1) is 5.69 Å². The van der Waals surface area contributed by atoms with E-state index in [4.69, 9.17) is 4.74 Å². The van der Waals surface area contributed by atoms with Gasteiger partial charge in [0.1, 0.15) is 11.6 Å². The Morgan fingerprint density at radius 1 is 1.12 bits per heavy atom. The molecule has 0 bridgehead atoms. The van der Waals surface area contributed by atoms with Crippen LogP contribution in [0.3, 0.4) is 0 Å². The Bertz CT molecular complexity index is 585. The average molecular weight is 230 g/mol. The summed E-state index contributed by atoms with van der Waals surface area (Å²) in [5, 5.41) is 0. The highest BCUT2D eigenvalue weighted by Gasteiger charge is 2.08. The number of aryl methyl sites for hydroxylation is 3. The van der Waals surface area contributed by atoms with Crippen LogP contribution in [0.1, 0.15) is 17.1 Å². The lowest BCUT2D eigenvalue weighted by Gasteiger charge is -2.07. The van der Waals surface area contributed by atoms with Crippen molar-refractivity contribution in [1.29, 1.82) is 0 Å². The minimum Gasteiger partial charge on any atom is -0.450 e. The first kappa shape index (κ1) is 11.4. The Morgan fingerprint density at radius 2 is 1.76 bits per heavy atom. The number of ether oxygens (including phenoxy) is 1. The first-order chi connectivity index (χ1) is 8.06. The molecule has 1 aromatic heterocycles. The standard InChI is InChI=1S/C13H14N2O2/c1-8-4-6-11(7-5-8)17-12-9(2)14-10(3)15-13(12)16/h4-7H,1-3H3,(H,14,15,16). The lowest BCUT2D eigenvalue weighted by Crippen LogP contribution is -2.13. The van der Waals surface area contributed by atoms with Gasteiger partial charge in [-0.3, -0.25) is 4.79 Å². The molecule has 0 fully saturated rings. The fourth-order valence-corrected chi connectivity index (χ4v) is 1.56. The average Bonchev–Trinajstić information content (AvgIpc) is 2.26. The molecule has 0 aliphatic heterocycles. The summed E-state index contributed by atoms with van der Waals surface area (Å²) in [4.78, 5) is 18.5. The van der Waals surface area contributed by atoms with E-state index in [1.807, 2.05) is 31.2 Å². The van der Waals surface area contributed by atoms with Crippen LogP contribution in [0.5, 0.6) is 11.5 Å². The minimum atomic E-state index is -0.254. The molecule has 4 heteroatoms. The van der Waals surface area contributed by atoms with E-state index in [0.717, 1.165) is 5.56 Å². The van der Waals surface area contributed by atoms with Crippen LogP contribution in [0.25, 0.3) is 0 Å². The van der Waals surface area contributed by atoms with Gasteiger partial charge in [0.2, 0.25) is 5.75 Å². The molecule has 88 valence electrons. The second kappa shape index (κ2) is 4.41. The normalized spacial score (nSPS) is 10.3. The highest BCUT2D eigenvalue weighted by molar-refractivity contribution is 5.33.